The van der Waals surface area contributed by atoms with Crippen LogP contribution in [0.4, 0.5) is 0 Å². The summed E-state index contributed by atoms with van der Waals surface area (Å²) in [4.78, 5) is 17.0. The Bertz CT molecular complexity index is 764. The topological polar surface area (TPSA) is 48.4 Å². The Balaban J connectivity index is 1.94. The predicted molar refractivity (Wildman–Crippen MR) is 90.9 cm³/mol. The molecule has 3 rings (SSSR count). The zero-order chi connectivity index (χ0) is 16.8. The lowest BCUT2D eigenvalue weighted by Crippen LogP contribution is -2.14. The second kappa shape index (κ2) is 7.42. The molecule has 1 heterocycles. The van der Waals surface area contributed by atoms with Crippen LogP contribution in [0.1, 0.15) is 27.7 Å². The van der Waals surface area contributed by atoms with Gasteiger partial charge in [0.25, 0.3) is 0 Å². The Morgan fingerprint density at radius 3 is 2.33 bits per heavy atom. The van der Waals surface area contributed by atoms with Crippen molar-refractivity contribution in [2.45, 2.75) is 6.10 Å². The maximum Gasteiger partial charge on any atom is 0.342 e. The molecule has 1 unspecified atom stereocenters. The minimum atomic E-state index is -0.579. The largest absolute Gasteiger partial charge is 0.496 e. The Labute approximate surface area is 140 Å². The number of hydrogen-bond donors (Lipinski definition) is 0. The molecular formula is C20H17NO3. The molecular weight excluding hydrogens is 302 g/mol. The highest BCUT2D eigenvalue weighted by Gasteiger charge is 2.22. The first-order chi connectivity index (χ1) is 11.8. The first kappa shape index (κ1) is 15.7. The molecule has 3 aromatic rings. The molecule has 0 N–H and O–H groups in total. The van der Waals surface area contributed by atoms with Gasteiger partial charge in [0, 0.05) is 6.20 Å². The number of benzene rings is 2. The monoisotopic (exact) mass is 319 g/mol. The zero-order valence-corrected chi connectivity index (χ0v) is 13.3. The molecule has 0 radical (unpaired) electrons. The fourth-order valence-corrected chi connectivity index (χ4v) is 2.44. The molecule has 0 saturated heterocycles. The molecule has 24 heavy (non-hydrogen) atoms. The van der Waals surface area contributed by atoms with Crippen molar-refractivity contribution in [1.82, 2.24) is 4.98 Å². The molecule has 0 aliphatic rings. The lowest BCUT2D eigenvalue weighted by molar-refractivity contribution is 0.0367. The van der Waals surface area contributed by atoms with Crippen LogP contribution in [0.25, 0.3) is 0 Å². The highest BCUT2D eigenvalue weighted by molar-refractivity contribution is 5.92. The molecule has 0 fully saturated rings. The fraction of sp³-hybridized carbons (Fsp3) is 0.100. The van der Waals surface area contributed by atoms with Gasteiger partial charge in [0.05, 0.1) is 12.8 Å². The lowest BCUT2D eigenvalue weighted by Gasteiger charge is -2.18. The van der Waals surface area contributed by atoms with Gasteiger partial charge in [-0.15, -0.1) is 0 Å². The van der Waals surface area contributed by atoms with Crippen LogP contribution in [-0.4, -0.2) is 18.1 Å². The number of ether oxygens (including phenoxy) is 2. The van der Waals surface area contributed by atoms with E-state index < -0.39 is 12.1 Å². The van der Waals surface area contributed by atoms with Crippen LogP contribution in [0, 0.1) is 0 Å². The van der Waals surface area contributed by atoms with E-state index in [4.69, 9.17) is 9.47 Å². The molecule has 0 saturated carbocycles. The maximum atomic E-state index is 12.7. The third kappa shape index (κ3) is 3.43. The van der Waals surface area contributed by atoms with E-state index in [2.05, 4.69) is 4.98 Å². The average molecular weight is 319 g/mol. The van der Waals surface area contributed by atoms with Crippen molar-refractivity contribution in [2.75, 3.05) is 7.11 Å². The average Bonchev–Trinajstić information content (AvgIpc) is 2.67. The van der Waals surface area contributed by atoms with Gasteiger partial charge in [0.1, 0.15) is 11.3 Å². The van der Waals surface area contributed by atoms with Crippen molar-refractivity contribution in [2.24, 2.45) is 0 Å². The summed E-state index contributed by atoms with van der Waals surface area (Å²) in [5, 5.41) is 0. The van der Waals surface area contributed by atoms with Gasteiger partial charge in [-0.1, -0.05) is 48.5 Å². The Hall–Kier alpha value is -3.14. The second-order valence-corrected chi connectivity index (χ2v) is 5.15. The van der Waals surface area contributed by atoms with Gasteiger partial charge in [-0.05, 0) is 29.8 Å². The smallest absolute Gasteiger partial charge is 0.342 e. The molecule has 0 aliphatic heterocycles. The Kier molecular flexibility index (Phi) is 4.87. The van der Waals surface area contributed by atoms with Gasteiger partial charge in [0.15, 0.2) is 6.10 Å². The third-order valence-electron chi connectivity index (χ3n) is 3.61. The lowest BCUT2D eigenvalue weighted by atomic mass is 10.1. The van der Waals surface area contributed by atoms with Crippen LogP contribution >= 0.6 is 0 Å². The summed E-state index contributed by atoms with van der Waals surface area (Å²) in [5.41, 5.74) is 1.92. The second-order valence-electron chi connectivity index (χ2n) is 5.15. The number of pyridine rings is 1. The van der Waals surface area contributed by atoms with E-state index >= 15 is 0 Å². The number of methoxy groups -OCH3 is 1. The van der Waals surface area contributed by atoms with Gasteiger partial charge in [0.2, 0.25) is 0 Å². The normalized spacial score (nSPS) is 11.5. The number of carbonyl (C=O) groups is 1. The highest BCUT2D eigenvalue weighted by Crippen LogP contribution is 2.27. The van der Waals surface area contributed by atoms with E-state index in [1.165, 1.54) is 7.11 Å². The standard InChI is InChI=1S/C20H17NO3/c1-23-18-13-6-5-11-16(18)20(22)24-19(15-9-3-2-4-10-15)17-12-7-8-14-21-17/h2-14,19H,1H3. The Morgan fingerprint density at radius 1 is 0.917 bits per heavy atom. The minimum Gasteiger partial charge on any atom is -0.496 e. The van der Waals surface area contributed by atoms with E-state index in [0.29, 0.717) is 17.0 Å². The maximum absolute atomic E-state index is 12.7. The summed E-state index contributed by atoms with van der Waals surface area (Å²) in [5.74, 6) is 0.0299. The SMILES string of the molecule is COc1ccccc1C(=O)OC(c1ccccc1)c1ccccn1. The van der Waals surface area contributed by atoms with Crippen LogP contribution in [0.3, 0.4) is 0 Å². The highest BCUT2D eigenvalue weighted by atomic mass is 16.5. The van der Waals surface area contributed by atoms with Crippen molar-refractivity contribution < 1.29 is 14.3 Å². The van der Waals surface area contributed by atoms with Crippen LogP contribution in [-0.2, 0) is 4.74 Å². The van der Waals surface area contributed by atoms with Crippen LogP contribution in [0.5, 0.6) is 5.75 Å². The number of nitrogens with zero attached hydrogens (tertiary/aromatic N) is 1. The molecule has 0 bridgehead atoms. The summed E-state index contributed by atoms with van der Waals surface area (Å²) < 4.78 is 11.0. The Morgan fingerprint density at radius 2 is 1.62 bits per heavy atom. The van der Waals surface area contributed by atoms with Gasteiger partial charge >= 0.3 is 5.97 Å². The van der Waals surface area contributed by atoms with Gasteiger partial charge < -0.3 is 9.47 Å². The van der Waals surface area contributed by atoms with E-state index in [1.54, 1.807) is 24.4 Å². The van der Waals surface area contributed by atoms with Gasteiger partial charge in [-0.25, -0.2) is 4.79 Å². The fourth-order valence-electron chi connectivity index (χ4n) is 2.44. The van der Waals surface area contributed by atoms with E-state index in [-0.39, 0.29) is 0 Å². The van der Waals surface area contributed by atoms with Crippen molar-refractivity contribution >= 4 is 5.97 Å². The van der Waals surface area contributed by atoms with Crippen molar-refractivity contribution in [3.05, 3.63) is 95.8 Å². The van der Waals surface area contributed by atoms with Crippen LogP contribution in [0.2, 0.25) is 0 Å². The molecule has 120 valence electrons. The molecule has 1 atom stereocenters. The quantitative estimate of drug-likeness (QED) is 0.666. The minimum absolute atomic E-state index is 0.386. The number of carbonyl (C=O) groups excluding carboxylic acids is 1. The summed E-state index contributed by atoms with van der Waals surface area (Å²) in [6.07, 6.45) is 1.10. The number of aromatic nitrogens is 1. The molecule has 0 amide bonds. The number of esters is 1. The first-order valence-electron chi connectivity index (χ1n) is 7.59. The summed E-state index contributed by atoms with van der Waals surface area (Å²) >= 11 is 0. The zero-order valence-electron chi connectivity index (χ0n) is 13.3. The molecule has 0 spiro atoms. The summed E-state index contributed by atoms with van der Waals surface area (Å²) in [6, 6.07) is 22.1. The summed E-state index contributed by atoms with van der Waals surface area (Å²) in [6.45, 7) is 0. The van der Waals surface area contributed by atoms with Crippen LogP contribution < -0.4 is 4.74 Å². The molecule has 4 nitrogen and oxygen atoms in total. The molecule has 4 heteroatoms. The molecule has 0 aliphatic carbocycles. The number of hydrogen-bond acceptors (Lipinski definition) is 4. The first-order valence-corrected chi connectivity index (χ1v) is 7.59. The number of para-hydroxylation sites is 1. The predicted octanol–water partition coefficient (Wildman–Crippen LogP) is 4.04. The van der Waals surface area contributed by atoms with E-state index in [9.17, 15) is 4.79 Å². The van der Waals surface area contributed by atoms with Crippen molar-refractivity contribution in [1.29, 1.82) is 0 Å². The molecule has 1 aromatic heterocycles. The van der Waals surface area contributed by atoms with E-state index in [1.807, 2.05) is 54.6 Å². The van der Waals surface area contributed by atoms with Gasteiger partial charge in [-0.3, -0.25) is 4.98 Å². The van der Waals surface area contributed by atoms with Crippen LogP contribution in [0.15, 0.2) is 79.0 Å². The van der Waals surface area contributed by atoms with E-state index in [0.717, 1.165) is 5.56 Å². The summed E-state index contributed by atoms with van der Waals surface area (Å²) in [7, 11) is 1.53. The van der Waals surface area contributed by atoms with Crippen molar-refractivity contribution in [3.63, 3.8) is 0 Å². The molecule has 2 aromatic carbocycles. The van der Waals surface area contributed by atoms with Crippen molar-refractivity contribution in [3.8, 4) is 5.75 Å². The third-order valence-corrected chi connectivity index (χ3v) is 3.61. The van der Waals surface area contributed by atoms with Gasteiger partial charge in [-0.2, -0.15) is 0 Å². The number of rotatable bonds is 5.